The molecule has 0 saturated heterocycles. The van der Waals surface area contributed by atoms with Crippen molar-refractivity contribution in [3.63, 3.8) is 0 Å². The molecule has 0 bridgehead atoms. The molecule has 0 saturated carbocycles. The van der Waals surface area contributed by atoms with Crippen molar-refractivity contribution in [2.45, 2.75) is 30.9 Å². The Balaban J connectivity index is 1.57. The van der Waals surface area contributed by atoms with E-state index in [9.17, 15) is 9.18 Å². The van der Waals surface area contributed by atoms with Crippen molar-refractivity contribution < 1.29 is 23.8 Å². The maximum Gasteiger partial charge on any atom is 0.266 e. The summed E-state index contributed by atoms with van der Waals surface area (Å²) in [4.78, 5) is 18.6. The topological polar surface area (TPSA) is 92.2 Å². The van der Waals surface area contributed by atoms with E-state index in [1.165, 1.54) is 6.07 Å². The van der Waals surface area contributed by atoms with Crippen LogP contribution in [0, 0.1) is 5.82 Å². The monoisotopic (exact) mass is 595 g/mol. The maximum absolute atomic E-state index is 14.0. The van der Waals surface area contributed by atoms with Gasteiger partial charge in [0.15, 0.2) is 11.6 Å². The van der Waals surface area contributed by atoms with E-state index in [0.717, 1.165) is 10.0 Å². The summed E-state index contributed by atoms with van der Waals surface area (Å²) in [5.74, 6) is 0.313. The summed E-state index contributed by atoms with van der Waals surface area (Å²) in [6.07, 6.45) is 2.10. The zero-order valence-corrected chi connectivity index (χ0v) is 23.0. The molecule has 0 aliphatic carbocycles. The van der Waals surface area contributed by atoms with Gasteiger partial charge in [-0.05, 0) is 60.0 Å². The van der Waals surface area contributed by atoms with Gasteiger partial charge < -0.3 is 14.6 Å². The fourth-order valence-electron chi connectivity index (χ4n) is 4.32. The van der Waals surface area contributed by atoms with E-state index in [0.29, 0.717) is 48.8 Å². The van der Waals surface area contributed by atoms with Crippen LogP contribution in [0.1, 0.15) is 35.6 Å². The Morgan fingerprint density at radius 2 is 1.90 bits per heavy atom. The van der Waals surface area contributed by atoms with Gasteiger partial charge in [0.25, 0.3) is 5.91 Å². The largest absolute Gasteiger partial charge is 0.494 e. The molecule has 2 atom stereocenters. The third-order valence-electron chi connectivity index (χ3n) is 6.34. The first-order chi connectivity index (χ1) is 19.0. The predicted molar refractivity (Wildman–Crippen MR) is 152 cm³/mol. The van der Waals surface area contributed by atoms with Crippen LogP contribution in [0.3, 0.4) is 0 Å². The molecule has 1 heterocycles. The molecule has 4 rings (SSSR count). The molecule has 3 aromatic carbocycles. The van der Waals surface area contributed by atoms with Gasteiger partial charge in [0.05, 0.1) is 6.61 Å². The standard InChI is InChI=1S/C30H31BrFN3O4/c1-2-17-30(29(37)35-33-18-16-21-6-3-4-7-26(21)32)27(22-8-12-24(31)13-9-22)39-28(34-30)23-10-14-25(15-11-23)38-20-5-19-36/h2-4,6-15,27,33,36H,1,5,16-20H2,(H,35,37)/t27-,30-/m0/s1. The van der Waals surface area contributed by atoms with Crippen molar-refractivity contribution in [1.82, 2.24) is 10.9 Å². The van der Waals surface area contributed by atoms with Crippen LogP contribution in [-0.2, 0) is 16.0 Å². The zero-order valence-electron chi connectivity index (χ0n) is 21.4. The second kappa shape index (κ2) is 13.5. The highest BCUT2D eigenvalue weighted by Crippen LogP contribution is 2.43. The van der Waals surface area contributed by atoms with Crippen molar-refractivity contribution in [2.24, 2.45) is 4.99 Å². The summed E-state index contributed by atoms with van der Waals surface area (Å²) >= 11 is 3.46. The van der Waals surface area contributed by atoms with Crippen molar-refractivity contribution >= 4 is 27.7 Å². The van der Waals surface area contributed by atoms with Gasteiger partial charge in [-0.25, -0.2) is 14.8 Å². The number of rotatable bonds is 13. The number of carbonyl (C=O) groups excluding carboxylic acids is 1. The molecule has 0 spiro atoms. The Hall–Kier alpha value is -3.53. The lowest BCUT2D eigenvalue weighted by atomic mass is 9.84. The highest BCUT2D eigenvalue weighted by molar-refractivity contribution is 9.10. The highest BCUT2D eigenvalue weighted by atomic mass is 79.9. The minimum absolute atomic E-state index is 0.0611. The number of aliphatic hydroxyl groups is 1. The number of halogens is 2. The minimum Gasteiger partial charge on any atom is -0.494 e. The normalized spacial score (nSPS) is 18.2. The number of ether oxygens (including phenoxy) is 2. The average molecular weight is 596 g/mol. The van der Waals surface area contributed by atoms with Crippen LogP contribution >= 0.6 is 15.9 Å². The van der Waals surface area contributed by atoms with Crippen LogP contribution in [0.4, 0.5) is 4.39 Å². The number of nitrogens with zero attached hydrogens (tertiary/aromatic N) is 1. The van der Waals surface area contributed by atoms with Gasteiger partial charge >= 0.3 is 0 Å². The molecule has 0 fully saturated rings. The molecule has 1 aliphatic rings. The quantitative estimate of drug-likeness (QED) is 0.146. The molecule has 0 radical (unpaired) electrons. The fraction of sp³-hybridized carbons (Fsp3) is 0.267. The molecule has 1 amide bonds. The van der Waals surface area contributed by atoms with E-state index in [4.69, 9.17) is 19.6 Å². The number of benzene rings is 3. The molecule has 3 N–H and O–H groups in total. The second-order valence-electron chi connectivity index (χ2n) is 9.06. The SMILES string of the molecule is C=CC[C@]1(C(=O)NNCCc2ccccc2F)N=C(c2ccc(OCCCO)cc2)O[C@H]1c1ccc(Br)cc1. The van der Waals surface area contributed by atoms with Gasteiger partial charge in [0.2, 0.25) is 5.90 Å². The average Bonchev–Trinajstić information content (AvgIpc) is 3.33. The molecular formula is C30H31BrFN3O4. The molecular weight excluding hydrogens is 565 g/mol. The van der Waals surface area contributed by atoms with Crippen molar-refractivity contribution in [1.29, 1.82) is 0 Å². The van der Waals surface area contributed by atoms with Gasteiger partial charge in [-0.1, -0.05) is 52.3 Å². The predicted octanol–water partition coefficient (Wildman–Crippen LogP) is 5.05. The summed E-state index contributed by atoms with van der Waals surface area (Å²) in [5, 5.41) is 8.96. The number of carbonyl (C=O) groups is 1. The molecule has 0 aromatic heterocycles. The van der Waals surface area contributed by atoms with E-state index >= 15 is 0 Å². The van der Waals surface area contributed by atoms with Gasteiger partial charge in [-0.2, -0.15) is 0 Å². The summed E-state index contributed by atoms with van der Waals surface area (Å²) in [7, 11) is 0. The first kappa shape index (κ1) is 28.5. The second-order valence-corrected chi connectivity index (χ2v) is 9.97. The molecule has 204 valence electrons. The van der Waals surface area contributed by atoms with E-state index in [1.54, 1.807) is 36.4 Å². The van der Waals surface area contributed by atoms with Crippen LogP contribution in [0.15, 0.2) is 94.9 Å². The third-order valence-corrected chi connectivity index (χ3v) is 6.87. The molecule has 7 nitrogen and oxygen atoms in total. The number of nitrogens with one attached hydrogen (secondary N) is 2. The number of hydrogen-bond acceptors (Lipinski definition) is 6. The molecule has 9 heteroatoms. The first-order valence-electron chi connectivity index (χ1n) is 12.7. The minimum atomic E-state index is -1.33. The molecule has 3 aromatic rings. The van der Waals surface area contributed by atoms with Crippen molar-refractivity contribution in [2.75, 3.05) is 19.8 Å². The van der Waals surface area contributed by atoms with Crippen LogP contribution in [0.2, 0.25) is 0 Å². The Morgan fingerprint density at radius 1 is 1.15 bits per heavy atom. The fourth-order valence-corrected chi connectivity index (χ4v) is 4.59. The summed E-state index contributed by atoms with van der Waals surface area (Å²) in [6.45, 7) is 4.67. The summed E-state index contributed by atoms with van der Waals surface area (Å²) < 4.78 is 26.9. The van der Waals surface area contributed by atoms with E-state index in [2.05, 4.69) is 33.4 Å². The van der Waals surface area contributed by atoms with Gasteiger partial charge in [0, 0.05) is 36.0 Å². The van der Waals surface area contributed by atoms with E-state index in [1.807, 2.05) is 36.4 Å². The molecule has 1 aliphatic heterocycles. The maximum atomic E-state index is 14.0. The van der Waals surface area contributed by atoms with Crippen molar-refractivity contribution in [3.05, 3.63) is 112 Å². The van der Waals surface area contributed by atoms with Gasteiger partial charge in [-0.3, -0.25) is 10.2 Å². The van der Waals surface area contributed by atoms with Crippen LogP contribution < -0.4 is 15.6 Å². The van der Waals surface area contributed by atoms with Crippen LogP contribution in [-0.4, -0.2) is 42.2 Å². The number of hydrogen-bond donors (Lipinski definition) is 3. The van der Waals surface area contributed by atoms with Gasteiger partial charge in [0.1, 0.15) is 11.6 Å². The Morgan fingerprint density at radius 3 is 2.59 bits per heavy atom. The molecule has 0 unspecified atom stereocenters. The number of hydrazine groups is 1. The lowest BCUT2D eigenvalue weighted by Gasteiger charge is -2.29. The number of aliphatic hydroxyl groups excluding tert-OH is 1. The summed E-state index contributed by atoms with van der Waals surface area (Å²) in [5.41, 5.74) is 6.39. The smallest absolute Gasteiger partial charge is 0.266 e. The van der Waals surface area contributed by atoms with Crippen molar-refractivity contribution in [3.8, 4) is 5.75 Å². The number of amides is 1. The van der Waals surface area contributed by atoms with E-state index < -0.39 is 11.6 Å². The lowest BCUT2D eigenvalue weighted by molar-refractivity contribution is -0.129. The third kappa shape index (κ3) is 6.92. The van der Waals surface area contributed by atoms with E-state index in [-0.39, 0.29) is 24.8 Å². The summed E-state index contributed by atoms with van der Waals surface area (Å²) in [6, 6.07) is 21.3. The first-order valence-corrected chi connectivity index (χ1v) is 13.5. The molecule has 39 heavy (non-hydrogen) atoms. The zero-order chi connectivity index (χ0) is 27.7. The Labute approximate surface area is 235 Å². The Kier molecular flexibility index (Phi) is 9.86. The lowest BCUT2D eigenvalue weighted by Crippen LogP contribution is -2.52. The Bertz CT molecular complexity index is 1300. The highest BCUT2D eigenvalue weighted by Gasteiger charge is 2.52. The van der Waals surface area contributed by atoms with Gasteiger partial charge in [-0.15, -0.1) is 6.58 Å². The number of aliphatic imine (C=N–C) groups is 1. The van der Waals surface area contributed by atoms with Crippen LogP contribution in [0.5, 0.6) is 5.75 Å². The van der Waals surface area contributed by atoms with Crippen LogP contribution in [0.25, 0.3) is 0 Å².